The van der Waals surface area contributed by atoms with Crippen LogP contribution in [0.1, 0.15) is 51.9 Å². The summed E-state index contributed by atoms with van der Waals surface area (Å²) in [5.74, 6) is 1.02. The van der Waals surface area contributed by atoms with Gasteiger partial charge in [0.05, 0.1) is 0 Å². The summed E-state index contributed by atoms with van der Waals surface area (Å²) in [6, 6.07) is 0. The van der Waals surface area contributed by atoms with Crippen LogP contribution in [-0.2, 0) is 0 Å². The van der Waals surface area contributed by atoms with Gasteiger partial charge in [-0.1, -0.05) is 19.8 Å². The lowest BCUT2D eigenvalue weighted by molar-refractivity contribution is 0.163. The van der Waals surface area contributed by atoms with Crippen LogP contribution in [0.4, 0.5) is 0 Å². The molecule has 0 aromatic carbocycles. The van der Waals surface area contributed by atoms with Gasteiger partial charge in [-0.25, -0.2) is 0 Å². The van der Waals surface area contributed by atoms with Gasteiger partial charge in [0.1, 0.15) is 0 Å². The third kappa shape index (κ3) is 4.59. The van der Waals surface area contributed by atoms with Crippen LogP contribution < -0.4 is 0 Å². The summed E-state index contributed by atoms with van der Waals surface area (Å²) in [5, 5.41) is 0. The minimum absolute atomic E-state index is 1.02. The largest absolute Gasteiger partial charge is 0.303 e. The summed E-state index contributed by atoms with van der Waals surface area (Å²) in [6.45, 7) is 10.5. The molecule has 0 bridgehead atoms. The molecule has 2 rings (SSSR count). The molecule has 0 atom stereocenters. The van der Waals surface area contributed by atoms with Crippen LogP contribution in [0, 0.1) is 5.92 Å². The van der Waals surface area contributed by atoms with Gasteiger partial charge in [0.2, 0.25) is 0 Å². The molecule has 2 heterocycles. The second-order valence-electron chi connectivity index (χ2n) is 5.95. The SMILES string of the molecule is CCC1CCN(CCCN2CCCCC2)CC1. The van der Waals surface area contributed by atoms with Crippen molar-refractivity contribution in [2.24, 2.45) is 5.92 Å². The Kier molecular flexibility index (Phi) is 5.79. The molecule has 0 aromatic rings. The zero-order valence-corrected chi connectivity index (χ0v) is 11.7. The lowest BCUT2D eigenvalue weighted by Gasteiger charge is -2.32. The summed E-state index contributed by atoms with van der Waals surface area (Å²) in [4.78, 5) is 5.36. The first-order valence-corrected chi connectivity index (χ1v) is 7.83. The Hall–Kier alpha value is -0.0800. The normalized spacial score (nSPS) is 25.2. The van der Waals surface area contributed by atoms with Crippen molar-refractivity contribution in [3.8, 4) is 0 Å². The molecule has 100 valence electrons. The molecule has 2 fully saturated rings. The summed E-state index contributed by atoms with van der Waals surface area (Å²) in [6.07, 6.45) is 9.99. The van der Waals surface area contributed by atoms with E-state index in [0.29, 0.717) is 0 Å². The number of piperidine rings is 2. The summed E-state index contributed by atoms with van der Waals surface area (Å²) in [7, 11) is 0. The van der Waals surface area contributed by atoms with Crippen LogP contribution in [0.25, 0.3) is 0 Å². The van der Waals surface area contributed by atoms with Gasteiger partial charge in [0, 0.05) is 0 Å². The van der Waals surface area contributed by atoms with Gasteiger partial charge in [0.15, 0.2) is 0 Å². The maximum atomic E-state index is 2.69. The maximum Gasteiger partial charge on any atom is -0.000654 e. The Bertz CT molecular complexity index is 191. The lowest BCUT2D eigenvalue weighted by atomic mass is 9.94. The van der Waals surface area contributed by atoms with Gasteiger partial charge in [-0.3, -0.25) is 0 Å². The molecule has 0 aliphatic carbocycles. The van der Waals surface area contributed by atoms with Crippen LogP contribution in [0.5, 0.6) is 0 Å². The molecular formula is C15H30N2. The second-order valence-corrected chi connectivity index (χ2v) is 5.95. The van der Waals surface area contributed by atoms with Crippen molar-refractivity contribution < 1.29 is 0 Å². The van der Waals surface area contributed by atoms with Crippen LogP contribution in [0.2, 0.25) is 0 Å². The molecule has 0 radical (unpaired) electrons. The number of hydrogen-bond acceptors (Lipinski definition) is 2. The van der Waals surface area contributed by atoms with E-state index in [1.165, 1.54) is 84.2 Å². The van der Waals surface area contributed by atoms with Gasteiger partial charge >= 0.3 is 0 Å². The van der Waals surface area contributed by atoms with Crippen LogP contribution in [0.15, 0.2) is 0 Å². The molecular weight excluding hydrogens is 208 g/mol. The third-order valence-corrected chi connectivity index (χ3v) is 4.68. The fraction of sp³-hybridized carbons (Fsp3) is 1.00. The smallest absolute Gasteiger partial charge is 0.000654 e. The van der Waals surface area contributed by atoms with Gasteiger partial charge in [0.25, 0.3) is 0 Å². The van der Waals surface area contributed by atoms with E-state index in [0.717, 1.165) is 5.92 Å². The van der Waals surface area contributed by atoms with Gasteiger partial charge in [-0.15, -0.1) is 0 Å². The predicted octanol–water partition coefficient (Wildman–Crippen LogP) is 2.98. The first kappa shape index (κ1) is 13.4. The number of hydrogen-bond donors (Lipinski definition) is 0. The Morgan fingerprint density at radius 2 is 1.41 bits per heavy atom. The van der Waals surface area contributed by atoms with Crippen molar-refractivity contribution in [3.63, 3.8) is 0 Å². The molecule has 2 aliphatic heterocycles. The van der Waals surface area contributed by atoms with E-state index in [1.807, 2.05) is 0 Å². The van der Waals surface area contributed by atoms with E-state index in [1.54, 1.807) is 0 Å². The van der Waals surface area contributed by atoms with Crippen molar-refractivity contribution in [2.75, 3.05) is 39.3 Å². The Morgan fingerprint density at radius 3 is 2.00 bits per heavy atom. The average molecular weight is 238 g/mol. The second kappa shape index (κ2) is 7.38. The quantitative estimate of drug-likeness (QED) is 0.726. The number of nitrogens with zero attached hydrogens (tertiary/aromatic N) is 2. The summed E-state index contributed by atoms with van der Waals surface area (Å²) >= 11 is 0. The molecule has 2 nitrogen and oxygen atoms in total. The highest BCUT2D eigenvalue weighted by molar-refractivity contribution is 4.72. The average Bonchev–Trinajstić information content (AvgIpc) is 2.41. The topological polar surface area (TPSA) is 6.48 Å². The van der Waals surface area contributed by atoms with Crippen molar-refractivity contribution in [1.29, 1.82) is 0 Å². The maximum absolute atomic E-state index is 2.69. The van der Waals surface area contributed by atoms with Crippen molar-refractivity contribution >= 4 is 0 Å². The fourth-order valence-electron chi connectivity index (χ4n) is 3.32. The fourth-order valence-corrected chi connectivity index (χ4v) is 3.32. The van der Waals surface area contributed by atoms with E-state index >= 15 is 0 Å². The monoisotopic (exact) mass is 238 g/mol. The predicted molar refractivity (Wildman–Crippen MR) is 74.4 cm³/mol. The molecule has 2 aliphatic rings. The summed E-state index contributed by atoms with van der Waals surface area (Å²) in [5.41, 5.74) is 0. The van der Waals surface area contributed by atoms with E-state index in [9.17, 15) is 0 Å². The Balaban J connectivity index is 1.53. The molecule has 0 N–H and O–H groups in total. The van der Waals surface area contributed by atoms with E-state index in [4.69, 9.17) is 0 Å². The first-order chi connectivity index (χ1) is 8.38. The van der Waals surface area contributed by atoms with Crippen molar-refractivity contribution in [2.45, 2.75) is 51.9 Å². The van der Waals surface area contributed by atoms with Gasteiger partial charge in [-0.2, -0.15) is 0 Å². The standard InChI is InChI=1S/C15H30N2/c1-2-15-7-13-17(14-8-15)12-6-11-16-9-4-3-5-10-16/h15H,2-14H2,1H3. The highest BCUT2D eigenvalue weighted by Gasteiger charge is 2.17. The van der Waals surface area contributed by atoms with Gasteiger partial charge in [-0.05, 0) is 77.3 Å². The molecule has 0 amide bonds. The molecule has 2 heteroatoms. The molecule has 2 saturated heterocycles. The first-order valence-electron chi connectivity index (χ1n) is 7.83. The highest BCUT2D eigenvalue weighted by atomic mass is 15.1. The van der Waals surface area contributed by atoms with E-state index in [-0.39, 0.29) is 0 Å². The third-order valence-electron chi connectivity index (χ3n) is 4.68. The Labute approximate surface area is 107 Å². The molecule has 0 saturated carbocycles. The number of rotatable bonds is 5. The van der Waals surface area contributed by atoms with Crippen molar-refractivity contribution in [1.82, 2.24) is 9.80 Å². The molecule has 0 aromatic heterocycles. The van der Waals surface area contributed by atoms with E-state index in [2.05, 4.69) is 16.7 Å². The zero-order valence-electron chi connectivity index (χ0n) is 11.7. The molecule has 0 unspecified atom stereocenters. The van der Waals surface area contributed by atoms with Crippen LogP contribution >= 0.6 is 0 Å². The molecule has 17 heavy (non-hydrogen) atoms. The summed E-state index contributed by atoms with van der Waals surface area (Å²) < 4.78 is 0. The lowest BCUT2D eigenvalue weighted by Crippen LogP contribution is -2.37. The van der Waals surface area contributed by atoms with Gasteiger partial charge < -0.3 is 9.80 Å². The zero-order chi connectivity index (χ0) is 11.9. The highest BCUT2D eigenvalue weighted by Crippen LogP contribution is 2.20. The van der Waals surface area contributed by atoms with E-state index < -0.39 is 0 Å². The minimum Gasteiger partial charge on any atom is -0.303 e. The Morgan fingerprint density at radius 1 is 0.824 bits per heavy atom. The minimum atomic E-state index is 1.02. The van der Waals surface area contributed by atoms with Crippen LogP contribution in [-0.4, -0.2) is 49.1 Å². The molecule has 0 spiro atoms. The van der Waals surface area contributed by atoms with Crippen molar-refractivity contribution in [3.05, 3.63) is 0 Å². The van der Waals surface area contributed by atoms with Crippen LogP contribution in [0.3, 0.4) is 0 Å². The number of likely N-dealkylation sites (tertiary alicyclic amines) is 2.